The largest absolute Gasteiger partial charge is 0.419 e. The Morgan fingerprint density at radius 3 is 2.31 bits per heavy atom. The Kier molecular flexibility index (Phi) is 4.68. The molecule has 0 amide bonds. The lowest BCUT2D eigenvalue weighted by Gasteiger charge is -2.70. The third-order valence-electron chi connectivity index (χ3n) is 11.5. The summed E-state index contributed by atoms with van der Waals surface area (Å²) in [4.78, 5) is 26.8. The molecule has 2 aromatic rings. The number of allylic oxidation sites excluding steroid dienone is 1. The molecular formula is C34H32O8. The van der Waals surface area contributed by atoms with E-state index in [-0.39, 0.29) is 41.7 Å². The van der Waals surface area contributed by atoms with Gasteiger partial charge in [-0.3, -0.25) is 0 Å². The number of epoxide rings is 2. The minimum atomic E-state index is -0.849. The van der Waals surface area contributed by atoms with Gasteiger partial charge in [0, 0.05) is 34.5 Å². The first-order chi connectivity index (χ1) is 20.2. The van der Waals surface area contributed by atoms with Crippen LogP contribution < -0.4 is 0 Å². The second kappa shape index (κ2) is 7.80. The molecule has 4 saturated heterocycles. The van der Waals surface area contributed by atoms with E-state index in [2.05, 4.69) is 20.8 Å². The number of carbonyl (C=O) groups excluding carboxylic acids is 2. The van der Waals surface area contributed by atoms with E-state index in [0.717, 1.165) is 5.57 Å². The molecule has 0 aromatic heterocycles. The molecule has 2 saturated carbocycles. The van der Waals surface area contributed by atoms with Gasteiger partial charge >= 0.3 is 11.9 Å². The second-order valence-corrected chi connectivity index (χ2v) is 13.4. The summed E-state index contributed by atoms with van der Waals surface area (Å²) in [6.07, 6.45) is 0.353. The zero-order chi connectivity index (χ0) is 28.8. The normalized spacial score (nSPS) is 44.5. The number of ether oxygens (including phenoxy) is 5. The summed E-state index contributed by atoms with van der Waals surface area (Å²) in [7, 11) is 0. The summed E-state index contributed by atoms with van der Waals surface area (Å²) in [5.74, 6) is -0.604. The van der Waals surface area contributed by atoms with Gasteiger partial charge in [-0.25, -0.2) is 9.59 Å². The summed E-state index contributed by atoms with van der Waals surface area (Å²) in [6.45, 7) is 6.37. The first kappa shape index (κ1) is 25.2. The third kappa shape index (κ3) is 2.66. The molecule has 8 nitrogen and oxygen atoms in total. The standard InChI is InChI=1S/C34H32O8/c1-17(2)33-26(41-33)27-34(42-27)31(3)15-14-20-22(23(31)21-16-32(34,40-21)30(33)37)25(39-29(20)36)24(18-10-6-4-7-11-18)38-28(35)19-12-8-5-9-13-19/h4-13,17,21,23,26-27,30,37H,14-16H2,1-3H3/b25-24+/t21?,23-,26-,27-,30-,31-,32+,33-,34+/m0/s1. The smallest absolute Gasteiger partial charge is 0.343 e. The van der Waals surface area contributed by atoms with Crippen LogP contribution in [0.3, 0.4) is 0 Å². The van der Waals surface area contributed by atoms with Crippen LogP contribution in [0.5, 0.6) is 0 Å². The Bertz CT molecular complexity index is 1620. The van der Waals surface area contributed by atoms with Crippen molar-refractivity contribution in [2.24, 2.45) is 17.3 Å². The van der Waals surface area contributed by atoms with Crippen molar-refractivity contribution < 1.29 is 38.4 Å². The van der Waals surface area contributed by atoms with Crippen molar-refractivity contribution in [1.82, 2.24) is 0 Å². The molecule has 2 spiro atoms. The van der Waals surface area contributed by atoms with Crippen LogP contribution in [-0.4, -0.2) is 58.3 Å². The quantitative estimate of drug-likeness (QED) is 0.330. The van der Waals surface area contributed by atoms with Gasteiger partial charge in [-0.15, -0.1) is 0 Å². The van der Waals surface area contributed by atoms with Crippen molar-refractivity contribution in [3.8, 4) is 0 Å². The lowest BCUT2D eigenvalue weighted by molar-refractivity contribution is -0.366. The number of cyclic esters (lactones) is 1. The molecule has 2 aromatic carbocycles. The number of carbonyl (C=O) groups is 2. The van der Waals surface area contributed by atoms with Gasteiger partial charge in [-0.05, 0) is 30.9 Å². The number of aliphatic hydroxyl groups excluding tert-OH is 1. The minimum Gasteiger partial charge on any atom is -0.419 e. The van der Waals surface area contributed by atoms with E-state index in [1.807, 2.05) is 36.4 Å². The predicted octanol–water partition coefficient (Wildman–Crippen LogP) is 4.33. The fraction of sp³-hybridized carbons (Fsp3) is 0.471. The van der Waals surface area contributed by atoms with Crippen molar-refractivity contribution >= 4 is 17.7 Å². The molecule has 9 atom stereocenters. The van der Waals surface area contributed by atoms with E-state index >= 15 is 0 Å². The Morgan fingerprint density at radius 2 is 1.64 bits per heavy atom. The van der Waals surface area contributed by atoms with Gasteiger partial charge in [0.2, 0.25) is 0 Å². The maximum absolute atomic E-state index is 13.4. The highest BCUT2D eigenvalue weighted by molar-refractivity contribution is 5.99. The molecule has 216 valence electrons. The molecule has 42 heavy (non-hydrogen) atoms. The topological polar surface area (TPSA) is 107 Å². The number of fused-ring (bicyclic) bond motifs is 2. The van der Waals surface area contributed by atoms with Crippen LogP contribution in [0.25, 0.3) is 5.76 Å². The van der Waals surface area contributed by atoms with Crippen molar-refractivity contribution in [3.63, 3.8) is 0 Å². The minimum absolute atomic E-state index is 0.117. The first-order valence-corrected chi connectivity index (χ1v) is 14.9. The van der Waals surface area contributed by atoms with E-state index in [1.54, 1.807) is 24.3 Å². The second-order valence-electron chi connectivity index (χ2n) is 13.4. The Hall–Kier alpha value is -3.30. The van der Waals surface area contributed by atoms with Crippen molar-refractivity contribution in [2.75, 3.05) is 0 Å². The molecule has 8 aliphatic rings. The number of aliphatic hydroxyl groups is 1. The van der Waals surface area contributed by atoms with Crippen molar-refractivity contribution in [3.05, 3.63) is 88.7 Å². The molecular weight excluding hydrogens is 536 g/mol. The Balaban J connectivity index is 1.18. The Labute approximate surface area is 243 Å². The van der Waals surface area contributed by atoms with Gasteiger partial charge in [0.15, 0.2) is 11.5 Å². The summed E-state index contributed by atoms with van der Waals surface area (Å²) in [6, 6.07) is 18.0. The average Bonchev–Trinajstić information content (AvgIpc) is 3.87. The van der Waals surface area contributed by atoms with Gasteiger partial charge in [0.25, 0.3) is 0 Å². The van der Waals surface area contributed by atoms with Crippen LogP contribution in [0, 0.1) is 17.3 Å². The number of benzene rings is 2. The maximum Gasteiger partial charge on any atom is 0.343 e. The fourth-order valence-corrected chi connectivity index (χ4v) is 9.55. The van der Waals surface area contributed by atoms with E-state index < -0.39 is 40.3 Å². The van der Waals surface area contributed by atoms with E-state index in [4.69, 9.17) is 23.7 Å². The molecule has 8 heteroatoms. The average molecular weight is 569 g/mol. The van der Waals surface area contributed by atoms with Crippen molar-refractivity contribution in [1.29, 1.82) is 0 Å². The molecule has 3 aliphatic carbocycles. The predicted molar refractivity (Wildman–Crippen MR) is 147 cm³/mol. The van der Waals surface area contributed by atoms with Crippen LogP contribution in [0.4, 0.5) is 0 Å². The van der Waals surface area contributed by atoms with Crippen LogP contribution in [0.2, 0.25) is 0 Å². The molecule has 2 bridgehead atoms. The highest BCUT2D eigenvalue weighted by Gasteiger charge is 2.98. The zero-order valence-corrected chi connectivity index (χ0v) is 23.7. The molecule has 5 aliphatic heterocycles. The van der Waals surface area contributed by atoms with E-state index in [0.29, 0.717) is 36.0 Å². The molecule has 1 N–H and O–H groups in total. The molecule has 1 unspecified atom stereocenters. The number of hydrogen-bond donors (Lipinski definition) is 1. The summed E-state index contributed by atoms with van der Waals surface area (Å²) >= 11 is 0. The molecule has 6 fully saturated rings. The molecule has 5 heterocycles. The monoisotopic (exact) mass is 568 g/mol. The lowest BCUT2D eigenvalue weighted by atomic mass is 9.41. The van der Waals surface area contributed by atoms with Gasteiger partial charge in [-0.2, -0.15) is 0 Å². The van der Waals surface area contributed by atoms with Gasteiger partial charge < -0.3 is 28.8 Å². The van der Waals surface area contributed by atoms with Crippen molar-refractivity contribution in [2.45, 2.75) is 81.3 Å². The molecule has 0 radical (unpaired) electrons. The number of rotatable bonds is 4. The van der Waals surface area contributed by atoms with E-state index in [1.165, 1.54) is 0 Å². The van der Waals surface area contributed by atoms with Crippen LogP contribution >= 0.6 is 0 Å². The maximum atomic E-state index is 13.4. The van der Waals surface area contributed by atoms with Gasteiger partial charge in [0.1, 0.15) is 35.1 Å². The number of hydrogen-bond acceptors (Lipinski definition) is 8. The van der Waals surface area contributed by atoms with Crippen LogP contribution in [-0.2, 0) is 28.5 Å². The summed E-state index contributed by atoms with van der Waals surface area (Å²) < 4.78 is 31.9. The fourth-order valence-electron chi connectivity index (χ4n) is 9.55. The first-order valence-electron chi connectivity index (χ1n) is 14.9. The zero-order valence-electron chi connectivity index (χ0n) is 23.7. The number of esters is 2. The SMILES string of the molecule is CC(C)[C@]12O[C@H]1[C@@H]1O[C@@]13[C@@]1(C)CCC4=C(/C(=C(\OC(=O)c5ccccc5)c5ccccc5)OC4=O)[C@@H]1C1C[C@@]3(O1)[C@@H]2O. The summed E-state index contributed by atoms with van der Waals surface area (Å²) in [5.41, 5.74) is -0.332. The Morgan fingerprint density at radius 1 is 0.976 bits per heavy atom. The van der Waals surface area contributed by atoms with E-state index in [9.17, 15) is 14.7 Å². The summed E-state index contributed by atoms with van der Waals surface area (Å²) in [5, 5.41) is 11.9. The van der Waals surface area contributed by atoms with Crippen LogP contribution in [0.15, 0.2) is 77.6 Å². The highest BCUT2D eigenvalue weighted by atomic mass is 16.7. The highest BCUT2D eigenvalue weighted by Crippen LogP contribution is 2.82. The van der Waals surface area contributed by atoms with Gasteiger partial charge in [0.05, 0.1) is 11.7 Å². The lowest BCUT2D eigenvalue weighted by Crippen LogP contribution is -2.83. The van der Waals surface area contributed by atoms with Gasteiger partial charge in [-0.1, -0.05) is 69.3 Å². The molecule has 10 rings (SSSR count). The van der Waals surface area contributed by atoms with Crippen LogP contribution in [0.1, 0.15) is 56.0 Å². The third-order valence-corrected chi connectivity index (χ3v) is 11.5.